The van der Waals surface area contributed by atoms with Gasteiger partial charge in [-0.3, -0.25) is 19.3 Å². The average Bonchev–Trinajstić information content (AvgIpc) is 3.40. The van der Waals surface area contributed by atoms with Crippen LogP contribution in [0.15, 0.2) is 41.8 Å². The van der Waals surface area contributed by atoms with E-state index in [-0.39, 0.29) is 33.6 Å². The molecule has 0 bridgehead atoms. The number of nitrogen functional groups attached to an aromatic ring is 1. The lowest BCUT2D eigenvalue weighted by atomic mass is 10.1. The molecule has 11 heteroatoms. The molecule has 0 fully saturated rings. The summed E-state index contributed by atoms with van der Waals surface area (Å²) in [4.78, 5) is 40.6. The molecule has 1 atom stereocenters. The number of nitrogens with one attached hydrogen (secondary N) is 1. The van der Waals surface area contributed by atoms with Gasteiger partial charge in [-0.1, -0.05) is 26.0 Å². The Morgan fingerprint density at radius 1 is 1.21 bits per heavy atom. The molecule has 2 aromatic heterocycles. The highest BCUT2D eigenvalue weighted by molar-refractivity contribution is 7.10. The summed E-state index contributed by atoms with van der Waals surface area (Å²) in [5.74, 6) is -1.56. The molecule has 0 aliphatic rings. The van der Waals surface area contributed by atoms with E-state index in [1.165, 1.54) is 28.4 Å². The molecule has 0 aliphatic carbocycles. The summed E-state index contributed by atoms with van der Waals surface area (Å²) >= 11 is 2.05. The van der Waals surface area contributed by atoms with Gasteiger partial charge in [-0.05, 0) is 47.5 Å². The zero-order valence-corrected chi connectivity index (χ0v) is 19.8. The molecule has 33 heavy (non-hydrogen) atoms. The van der Waals surface area contributed by atoms with Gasteiger partial charge in [0.05, 0.1) is 5.69 Å². The van der Waals surface area contributed by atoms with Crippen LogP contribution in [0.2, 0.25) is 0 Å². The summed E-state index contributed by atoms with van der Waals surface area (Å²) in [5, 5.41) is 14.8. The van der Waals surface area contributed by atoms with Crippen LogP contribution in [0.25, 0.3) is 0 Å². The minimum atomic E-state index is -1.04. The number of aromatic hydroxyl groups is 1. The molecule has 0 saturated carbocycles. The van der Waals surface area contributed by atoms with Gasteiger partial charge in [-0.25, -0.2) is 0 Å². The Morgan fingerprint density at radius 3 is 2.55 bits per heavy atom. The second-order valence-corrected chi connectivity index (χ2v) is 9.48. The minimum Gasteiger partial charge on any atom is -0.508 e. The maximum absolute atomic E-state index is 13.7. The quantitative estimate of drug-likeness (QED) is 0.364. The molecule has 0 radical (unpaired) electrons. The number of thiophene rings is 1. The zero-order chi connectivity index (χ0) is 24.1. The number of phenols is 1. The molecule has 0 saturated heterocycles. The molecule has 3 rings (SSSR count). The second-order valence-electron chi connectivity index (χ2n) is 7.72. The zero-order valence-electron chi connectivity index (χ0n) is 18.1. The highest BCUT2D eigenvalue weighted by atomic mass is 32.1. The number of benzene rings is 1. The molecule has 3 aromatic rings. The van der Waals surface area contributed by atoms with E-state index in [4.69, 9.17) is 11.5 Å². The van der Waals surface area contributed by atoms with Gasteiger partial charge in [0.25, 0.3) is 11.8 Å². The summed E-state index contributed by atoms with van der Waals surface area (Å²) in [6.07, 6.45) is 0.771. The number of aromatic nitrogens is 1. The molecule has 3 amide bonds. The van der Waals surface area contributed by atoms with E-state index >= 15 is 0 Å². The van der Waals surface area contributed by atoms with Crippen LogP contribution in [0.5, 0.6) is 5.75 Å². The van der Waals surface area contributed by atoms with Gasteiger partial charge < -0.3 is 21.9 Å². The van der Waals surface area contributed by atoms with Gasteiger partial charge in [0, 0.05) is 23.2 Å². The van der Waals surface area contributed by atoms with Gasteiger partial charge in [0.15, 0.2) is 11.7 Å². The summed E-state index contributed by atoms with van der Waals surface area (Å²) in [5.41, 5.74) is 11.3. The van der Waals surface area contributed by atoms with Gasteiger partial charge >= 0.3 is 0 Å². The van der Waals surface area contributed by atoms with Crippen molar-refractivity contribution in [1.82, 2.24) is 9.69 Å². The molecule has 6 N–H and O–H groups in total. The highest BCUT2D eigenvalue weighted by Crippen LogP contribution is 2.35. The predicted molar refractivity (Wildman–Crippen MR) is 129 cm³/mol. The van der Waals surface area contributed by atoms with Gasteiger partial charge in [-0.2, -0.15) is 4.37 Å². The molecule has 0 aliphatic heterocycles. The van der Waals surface area contributed by atoms with Crippen molar-refractivity contribution in [3.63, 3.8) is 0 Å². The first-order chi connectivity index (χ1) is 15.7. The summed E-state index contributed by atoms with van der Waals surface area (Å²) < 4.78 is 3.91. The molecular formula is C22H25N5O4S2. The first-order valence-corrected chi connectivity index (χ1v) is 11.8. The minimum absolute atomic E-state index is 0.0244. The number of rotatable bonds is 9. The van der Waals surface area contributed by atoms with E-state index in [9.17, 15) is 19.5 Å². The van der Waals surface area contributed by atoms with Crippen molar-refractivity contribution < 1.29 is 19.5 Å². The first kappa shape index (κ1) is 24.2. The summed E-state index contributed by atoms with van der Waals surface area (Å²) in [7, 11) is 0. The summed E-state index contributed by atoms with van der Waals surface area (Å²) in [6, 6.07) is 8.51. The Labute approximate surface area is 199 Å². The monoisotopic (exact) mass is 487 g/mol. The lowest BCUT2D eigenvalue weighted by molar-refractivity contribution is -0.122. The number of nitrogens with two attached hydrogens (primary N) is 2. The van der Waals surface area contributed by atoms with Crippen molar-refractivity contribution in [2.45, 2.75) is 26.3 Å². The van der Waals surface area contributed by atoms with Crippen molar-refractivity contribution in [3.05, 3.63) is 57.2 Å². The Balaban J connectivity index is 2.10. The summed E-state index contributed by atoms with van der Waals surface area (Å²) in [6.45, 7) is 4.54. The maximum Gasteiger partial charge on any atom is 0.273 e. The van der Waals surface area contributed by atoms with E-state index in [2.05, 4.69) is 9.69 Å². The average molecular weight is 488 g/mol. The molecule has 174 valence electrons. The van der Waals surface area contributed by atoms with E-state index in [0.717, 1.165) is 18.0 Å². The molecule has 9 nitrogen and oxygen atoms in total. The molecule has 0 spiro atoms. The van der Waals surface area contributed by atoms with Crippen molar-refractivity contribution >= 4 is 52.0 Å². The third kappa shape index (κ3) is 5.49. The number of primary amides is 1. The number of amides is 3. The lowest BCUT2D eigenvalue weighted by Gasteiger charge is -2.30. The van der Waals surface area contributed by atoms with Crippen molar-refractivity contribution in [2.24, 2.45) is 11.7 Å². The number of phenolic OH excluding ortho intramolecular Hbond substituents is 1. The van der Waals surface area contributed by atoms with E-state index in [0.29, 0.717) is 17.3 Å². The van der Waals surface area contributed by atoms with E-state index < -0.39 is 17.9 Å². The van der Waals surface area contributed by atoms with Crippen LogP contribution < -0.4 is 21.7 Å². The topological polar surface area (TPSA) is 152 Å². The number of carbonyl (C=O) groups is 3. The van der Waals surface area contributed by atoms with Crippen LogP contribution in [0, 0.1) is 5.92 Å². The fraction of sp³-hybridized carbons (Fsp3) is 0.273. The number of hydrogen-bond acceptors (Lipinski definition) is 8. The normalized spacial score (nSPS) is 11.8. The van der Waals surface area contributed by atoms with Gasteiger partial charge in [0.2, 0.25) is 5.91 Å². The predicted octanol–water partition coefficient (Wildman–Crippen LogP) is 3.14. The van der Waals surface area contributed by atoms with Gasteiger partial charge in [0.1, 0.15) is 10.6 Å². The van der Waals surface area contributed by atoms with Crippen LogP contribution in [0.3, 0.4) is 0 Å². The highest BCUT2D eigenvalue weighted by Gasteiger charge is 2.36. The van der Waals surface area contributed by atoms with Crippen LogP contribution in [0.4, 0.5) is 11.4 Å². The molecule has 1 aromatic carbocycles. The number of carbonyl (C=O) groups excluding carboxylic acids is 3. The molecule has 0 unspecified atom stereocenters. The SMILES string of the molecule is CC(C)CCNC(=O)[C@@H](c1cccs1)N(C(=O)c1snc(C(N)=O)c1N)c1cccc(O)c1. The largest absolute Gasteiger partial charge is 0.508 e. The van der Waals surface area contributed by atoms with Gasteiger partial charge in [-0.15, -0.1) is 11.3 Å². The Morgan fingerprint density at radius 2 is 1.97 bits per heavy atom. The maximum atomic E-state index is 13.7. The van der Waals surface area contributed by atoms with Crippen LogP contribution in [0.1, 0.15) is 51.3 Å². The van der Waals surface area contributed by atoms with Crippen LogP contribution >= 0.6 is 22.9 Å². The third-order valence-electron chi connectivity index (χ3n) is 4.82. The van der Waals surface area contributed by atoms with Crippen LogP contribution in [-0.2, 0) is 4.79 Å². The Bertz CT molecular complexity index is 1140. The van der Waals surface area contributed by atoms with E-state index in [1.807, 2.05) is 13.8 Å². The van der Waals surface area contributed by atoms with Crippen LogP contribution in [-0.4, -0.2) is 33.7 Å². The molecule has 2 heterocycles. The number of anilines is 2. The lowest BCUT2D eigenvalue weighted by Crippen LogP contribution is -2.44. The smallest absolute Gasteiger partial charge is 0.273 e. The second kappa shape index (κ2) is 10.5. The third-order valence-corrected chi connectivity index (χ3v) is 6.60. The molecular weight excluding hydrogens is 462 g/mol. The first-order valence-electron chi connectivity index (χ1n) is 10.2. The fourth-order valence-electron chi connectivity index (χ4n) is 3.17. The number of nitrogens with zero attached hydrogens (tertiary/aromatic N) is 2. The standard InChI is InChI=1S/C22H25N5O4S2/c1-12(2)8-9-25-21(30)18(15-7-4-10-32-15)27(13-5-3-6-14(28)11-13)22(31)19-16(23)17(20(24)29)26-33-19/h3-7,10-12,18,28H,8-9,23H2,1-2H3,(H2,24,29)(H,25,30)/t18-/m1/s1. The van der Waals surface area contributed by atoms with Crippen molar-refractivity contribution in [1.29, 1.82) is 0 Å². The van der Waals surface area contributed by atoms with Crippen molar-refractivity contribution in [2.75, 3.05) is 17.2 Å². The fourth-order valence-corrected chi connectivity index (χ4v) is 4.72. The van der Waals surface area contributed by atoms with Crippen molar-refractivity contribution in [3.8, 4) is 5.75 Å². The Hall–Kier alpha value is -3.44. The Kier molecular flexibility index (Phi) is 7.67. The van der Waals surface area contributed by atoms with E-state index in [1.54, 1.807) is 29.6 Å². The number of hydrogen-bond donors (Lipinski definition) is 4.